The van der Waals surface area contributed by atoms with E-state index in [1.54, 1.807) is 62.8 Å². The van der Waals surface area contributed by atoms with Crippen LogP contribution in [-0.4, -0.2) is 30.2 Å². The van der Waals surface area contributed by atoms with E-state index in [-0.39, 0.29) is 24.0 Å². The molecule has 0 radical (unpaired) electrons. The number of phenols is 1. The average Bonchev–Trinajstić information content (AvgIpc) is 3.17. The van der Waals surface area contributed by atoms with Gasteiger partial charge in [0.05, 0.1) is 26.2 Å². The van der Waals surface area contributed by atoms with E-state index in [0.717, 1.165) is 5.56 Å². The van der Waals surface area contributed by atoms with E-state index in [4.69, 9.17) is 25.5 Å². The average molecular weight is 439 g/mol. The number of carbonyl (C=O) groups excluding carboxylic acids is 1. The topological polar surface area (TPSA) is 93.8 Å². The van der Waals surface area contributed by atoms with Gasteiger partial charge in [0.25, 0.3) is 0 Å². The van der Waals surface area contributed by atoms with Gasteiger partial charge in [-0.05, 0) is 54.1 Å². The molecule has 0 bridgehead atoms. The normalized spacial score (nSPS) is 10.8. The highest BCUT2D eigenvalue weighted by Crippen LogP contribution is 2.34. The molecule has 1 amide bonds. The van der Waals surface area contributed by atoms with Crippen molar-refractivity contribution < 1.29 is 23.8 Å². The number of aromatic hydroxyl groups is 1. The molecule has 3 aromatic carbocycles. The summed E-state index contributed by atoms with van der Waals surface area (Å²) in [4.78, 5) is 16.9. The molecule has 1 aromatic heterocycles. The number of ether oxygens (including phenoxy) is 2. The Morgan fingerprint density at radius 2 is 1.87 bits per heavy atom. The van der Waals surface area contributed by atoms with E-state index in [1.165, 1.54) is 6.07 Å². The molecule has 158 valence electrons. The maximum Gasteiger partial charge on any atom is 0.231 e. The van der Waals surface area contributed by atoms with Crippen LogP contribution in [0.5, 0.6) is 17.2 Å². The molecule has 0 aliphatic heterocycles. The second-order valence-corrected chi connectivity index (χ2v) is 7.21. The van der Waals surface area contributed by atoms with E-state index >= 15 is 0 Å². The Bertz CT molecular complexity index is 1270. The van der Waals surface area contributed by atoms with Gasteiger partial charge in [-0.15, -0.1) is 0 Å². The number of rotatable bonds is 6. The van der Waals surface area contributed by atoms with Gasteiger partial charge in [-0.3, -0.25) is 4.79 Å². The Morgan fingerprint density at radius 3 is 2.65 bits per heavy atom. The summed E-state index contributed by atoms with van der Waals surface area (Å²) in [5.41, 5.74) is 2.74. The highest BCUT2D eigenvalue weighted by Gasteiger charge is 2.15. The molecule has 0 unspecified atom stereocenters. The third-order valence-electron chi connectivity index (χ3n) is 4.67. The van der Waals surface area contributed by atoms with Gasteiger partial charge in [0, 0.05) is 10.7 Å². The molecular formula is C23H19ClN2O5. The highest BCUT2D eigenvalue weighted by molar-refractivity contribution is 6.31. The molecule has 7 nitrogen and oxygen atoms in total. The van der Waals surface area contributed by atoms with Gasteiger partial charge in [-0.2, -0.15) is 0 Å². The van der Waals surface area contributed by atoms with E-state index in [2.05, 4.69) is 10.3 Å². The first-order chi connectivity index (χ1) is 15.0. The van der Waals surface area contributed by atoms with Gasteiger partial charge in [0.2, 0.25) is 11.8 Å². The molecule has 0 aliphatic carbocycles. The Morgan fingerprint density at radius 1 is 1.06 bits per heavy atom. The van der Waals surface area contributed by atoms with Crippen molar-refractivity contribution in [1.82, 2.24) is 4.98 Å². The number of methoxy groups -OCH3 is 2. The van der Waals surface area contributed by atoms with Crippen molar-refractivity contribution in [2.45, 2.75) is 6.42 Å². The Hall–Kier alpha value is -3.71. The highest BCUT2D eigenvalue weighted by atomic mass is 35.5. The largest absolute Gasteiger partial charge is 0.507 e. The lowest BCUT2D eigenvalue weighted by Gasteiger charge is -2.10. The van der Waals surface area contributed by atoms with Crippen molar-refractivity contribution in [3.8, 4) is 28.7 Å². The zero-order valence-corrected chi connectivity index (χ0v) is 17.6. The molecule has 0 spiro atoms. The van der Waals surface area contributed by atoms with E-state index < -0.39 is 0 Å². The first kappa shape index (κ1) is 20.6. The van der Waals surface area contributed by atoms with Crippen LogP contribution in [0.3, 0.4) is 0 Å². The lowest BCUT2D eigenvalue weighted by atomic mass is 10.1. The number of nitrogens with zero attached hydrogens (tertiary/aromatic N) is 1. The molecule has 4 aromatic rings. The smallest absolute Gasteiger partial charge is 0.231 e. The van der Waals surface area contributed by atoms with Crippen LogP contribution in [0.15, 0.2) is 59.0 Å². The van der Waals surface area contributed by atoms with Gasteiger partial charge in [-0.25, -0.2) is 4.98 Å². The monoisotopic (exact) mass is 438 g/mol. The number of carbonyl (C=O) groups is 1. The first-order valence-electron chi connectivity index (χ1n) is 9.37. The zero-order valence-electron chi connectivity index (χ0n) is 16.8. The van der Waals surface area contributed by atoms with Gasteiger partial charge in [0.1, 0.15) is 11.3 Å². The van der Waals surface area contributed by atoms with Gasteiger partial charge < -0.3 is 24.3 Å². The van der Waals surface area contributed by atoms with Crippen LogP contribution in [0, 0.1) is 0 Å². The molecule has 4 rings (SSSR count). The van der Waals surface area contributed by atoms with Crippen LogP contribution < -0.4 is 14.8 Å². The van der Waals surface area contributed by atoms with Crippen LogP contribution in [0.25, 0.3) is 22.6 Å². The molecule has 2 N–H and O–H groups in total. The third-order valence-corrected chi connectivity index (χ3v) is 4.91. The molecule has 0 aliphatic rings. The van der Waals surface area contributed by atoms with Crippen molar-refractivity contribution in [3.05, 3.63) is 65.2 Å². The number of aromatic nitrogens is 1. The molecule has 0 fully saturated rings. The predicted molar refractivity (Wildman–Crippen MR) is 118 cm³/mol. The number of oxazole rings is 1. The Kier molecular flexibility index (Phi) is 5.68. The maximum absolute atomic E-state index is 12.5. The number of halogens is 1. The van der Waals surface area contributed by atoms with E-state index in [1.807, 2.05) is 0 Å². The maximum atomic E-state index is 12.5. The zero-order chi connectivity index (χ0) is 22.0. The minimum absolute atomic E-state index is 0.0180. The fraction of sp³-hybridized carbons (Fsp3) is 0.130. The summed E-state index contributed by atoms with van der Waals surface area (Å²) >= 11 is 6.00. The summed E-state index contributed by atoms with van der Waals surface area (Å²) in [7, 11) is 3.10. The fourth-order valence-corrected chi connectivity index (χ4v) is 3.35. The predicted octanol–water partition coefficient (Wildman–Crippen LogP) is 5.05. The van der Waals surface area contributed by atoms with Crippen LogP contribution >= 0.6 is 11.6 Å². The Balaban J connectivity index is 1.54. The molecule has 1 heterocycles. The number of fused-ring (bicyclic) bond motifs is 1. The van der Waals surface area contributed by atoms with Crippen LogP contribution in [0.2, 0.25) is 5.02 Å². The summed E-state index contributed by atoms with van der Waals surface area (Å²) in [6.45, 7) is 0. The van der Waals surface area contributed by atoms with Gasteiger partial charge in [-0.1, -0.05) is 17.7 Å². The van der Waals surface area contributed by atoms with Crippen LogP contribution in [-0.2, 0) is 11.2 Å². The van der Waals surface area contributed by atoms with Gasteiger partial charge in [0.15, 0.2) is 17.1 Å². The molecule has 0 saturated carbocycles. The summed E-state index contributed by atoms with van der Waals surface area (Å²) in [5.74, 6) is 1.12. The molecule has 8 heteroatoms. The van der Waals surface area contributed by atoms with Crippen molar-refractivity contribution in [2.24, 2.45) is 0 Å². The number of amides is 1. The summed E-state index contributed by atoms with van der Waals surface area (Å²) in [6.07, 6.45) is 0.137. The number of hydrogen-bond donors (Lipinski definition) is 2. The van der Waals surface area contributed by atoms with Crippen molar-refractivity contribution in [2.75, 3.05) is 19.5 Å². The second-order valence-electron chi connectivity index (χ2n) is 6.78. The number of nitrogens with one attached hydrogen (secondary N) is 1. The molecule has 0 atom stereocenters. The number of phenolic OH excluding ortho intramolecular Hbond substituents is 1. The van der Waals surface area contributed by atoms with Crippen molar-refractivity contribution in [1.29, 1.82) is 0 Å². The summed E-state index contributed by atoms with van der Waals surface area (Å²) in [5, 5.41) is 13.6. The quantitative estimate of drug-likeness (QED) is 0.409. The lowest BCUT2D eigenvalue weighted by molar-refractivity contribution is -0.115. The SMILES string of the molecule is COc1ccc(CC(=O)Nc2ccc(O)c(-c3nc4cc(Cl)ccc4o3)c2)cc1OC. The minimum Gasteiger partial charge on any atom is -0.507 e. The second kappa shape index (κ2) is 8.57. The van der Waals surface area contributed by atoms with Gasteiger partial charge >= 0.3 is 0 Å². The van der Waals surface area contributed by atoms with E-state index in [9.17, 15) is 9.90 Å². The third kappa shape index (κ3) is 4.41. The fourth-order valence-electron chi connectivity index (χ4n) is 3.18. The molecule has 31 heavy (non-hydrogen) atoms. The van der Waals surface area contributed by atoms with E-state index in [0.29, 0.717) is 38.9 Å². The van der Waals surface area contributed by atoms with Crippen molar-refractivity contribution in [3.63, 3.8) is 0 Å². The number of benzene rings is 3. The van der Waals surface area contributed by atoms with Crippen LogP contribution in [0.4, 0.5) is 5.69 Å². The minimum atomic E-state index is -0.229. The molecule has 0 saturated heterocycles. The standard InChI is InChI=1S/C23H19ClN2O5/c1-29-20-7-3-13(9-21(20)30-2)10-22(28)25-15-5-6-18(27)16(12-15)23-26-17-11-14(24)4-8-19(17)31-23/h3-9,11-12,27H,10H2,1-2H3,(H,25,28). The molecular weight excluding hydrogens is 420 g/mol. The van der Waals surface area contributed by atoms with Crippen LogP contribution in [0.1, 0.15) is 5.56 Å². The first-order valence-corrected chi connectivity index (χ1v) is 9.75. The summed E-state index contributed by atoms with van der Waals surface area (Å²) < 4.78 is 16.2. The number of hydrogen-bond acceptors (Lipinski definition) is 6. The Labute approximate surface area is 183 Å². The summed E-state index contributed by atoms with van der Waals surface area (Å²) in [6, 6.07) is 15.1. The lowest BCUT2D eigenvalue weighted by Crippen LogP contribution is -2.14. The van der Waals surface area contributed by atoms with Crippen molar-refractivity contribution >= 4 is 34.3 Å². The number of anilines is 1.